The van der Waals surface area contributed by atoms with E-state index in [0.717, 1.165) is 22.7 Å². The SMILES string of the molecule is Cc1occc1-c1nnc(SC(C)C(=O)Nc2ccccc2)n1-c1ccccc1. The molecule has 0 radical (unpaired) electrons. The summed E-state index contributed by atoms with van der Waals surface area (Å²) in [7, 11) is 0. The number of nitrogens with zero attached hydrogens (tertiary/aromatic N) is 3. The molecule has 1 N–H and O–H groups in total. The Balaban J connectivity index is 1.64. The fourth-order valence-corrected chi connectivity index (χ4v) is 3.79. The van der Waals surface area contributed by atoms with E-state index in [4.69, 9.17) is 4.42 Å². The molecule has 7 heteroatoms. The van der Waals surface area contributed by atoms with E-state index in [1.807, 2.05) is 85.1 Å². The van der Waals surface area contributed by atoms with E-state index in [1.54, 1.807) is 6.26 Å². The molecular weight excluding hydrogens is 384 g/mol. The van der Waals surface area contributed by atoms with Gasteiger partial charge in [-0.3, -0.25) is 9.36 Å². The largest absolute Gasteiger partial charge is 0.469 e. The summed E-state index contributed by atoms with van der Waals surface area (Å²) < 4.78 is 7.41. The summed E-state index contributed by atoms with van der Waals surface area (Å²) in [5, 5.41) is 12.0. The lowest BCUT2D eigenvalue weighted by Gasteiger charge is -2.14. The van der Waals surface area contributed by atoms with Crippen LogP contribution in [0.4, 0.5) is 5.69 Å². The average Bonchev–Trinajstić information content (AvgIpc) is 3.35. The van der Waals surface area contributed by atoms with Crippen molar-refractivity contribution in [1.82, 2.24) is 14.8 Å². The predicted octanol–water partition coefficient (Wildman–Crippen LogP) is 4.96. The molecule has 146 valence electrons. The van der Waals surface area contributed by atoms with Crippen LogP contribution in [0.3, 0.4) is 0 Å². The normalized spacial score (nSPS) is 11.9. The van der Waals surface area contributed by atoms with Crippen LogP contribution in [0.1, 0.15) is 12.7 Å². The summed E-state index contributed by atoms with van der Waals surface area (Å²) in [5.41, 5.74) is 2.56. The lowest BCUT2D eigenvalue weighted by atomic mass is 10.2. The van der Waals surface area contributed by atoms with Crippen molar-refractivity contribution in [2.45, 2.75) is 24.3 Å². The molecule has 2 heterocycles. The Morgan fingerprint density at radius 2 is 1.72 bits per heavy atom. The third-order valence-electron chi connectivity index (χ3n) is 4.44. The maximum atomic E-state index is 12.6. The van der Waals surface area contributed by atoms with Crippen LogP contribution in [0.5, 0.6) is 0 Å². The Hall–Kier alpha value is -3.32. The van der Waals surface area contributed by atoms with Crippen LogP contribution in [0, 0.1) is 6.92 Å². The molecule has 0 bridgehead atoms. The maximum absolute atomic E-state index is 12.6. The Morgan fingerprint density at radius 3 is 2.38 bits per heavy atom. The van der Waals surface area contributed by atoms with Crippen LogP contribution in [0.15, 0.2) is 82.6 Å². The van der Waals surface area contributed by atoms with Gasteiger partial charge >= 0.3 is 0 Å². The maximum Gasteiger partial charge on any atom is 0.237 e. The summed E-state index contributed by atoms with van der Waals surface area (Å²) in [5.74, 6) is 1.35. The molecule has 0 aliphatic heterocycles. The van der Waals surface area contributed by atoms with Gasteiger partial charge in [0.15, 0.2) is 11.0 Å². The molecule has 1 unspecified atom stereocenters. The van der Waals surface area contributed by atoms with Crippen molar-refractivity contribution < 1.29 is 9.21 Å². The quantitative estimate of drug-likeness (QED) is 0.460. The van der Waals surface area contributed by atoms with Crippen LogP contribution in [-0.2, 0) is 4.79 Å². The van der Waals surface area contributed by atoms with Crippen LogP contribution in [-0.4, -0.2) is 25.9 Å². The topological polar surface area (TPSA) is 72.9 Å². The zero-order valence-corrected chi connectivity index (χ0v) is 16.9. The second-order valence-electron chi connectivity index (χ2n) is 6.48. The van der Waals surface area contributed by atoms with Gasteiger partial charge in [-0.15, -0.1) is 10.2 Å². The van der Waals surface area contributed by atoms with Crippen LogP contribution in [0.25, 0.3) is 17.1 Å². The first kappa shape index (κ1) is 19.0. The number of aromatic nitrogens is 3. The van der Waals surface area contributed by atoms with Crippen molar-refractivity contribution in [2.75, 3.05) is 5.32 Å². The molecule has 4 rings (SSSR count). The molecule has 6 nitrogen and oxygen atoms in total. The van der Waals surface area contributed by atoms with Crippen LogP contribution in [0.2, 0.25) is 0 Å². The zero-order chi connectivity index (χ0) is 20.2. The fraction of sp³-hybridized carbons (Fsp3) is 0.136. The molecule has 1 atom stereocenters. The fourth-order valence-electron chi connectivity index (χ4n) is 2.92. The molecule has 4 aromatic rings. The number of rotatable bonds is 6. The number of hydrogen-bond acceptors (Lipinski definition) is 5. The molecule has 29 heavy (non-hydrogen) atoms. The molecule has 0 aliphatic rings. The Morgan fingerprint density at radius 1 is 1.03 bits per heavy atom. The van der Waals surface area contributed by atoms with E-state index in [2.05, 4.69) is 15.5 Å². The highest BCUT2D eigenvalue weighted by Crippen LogP contribution is 2.32. The number of furan rings is 1. The van der Waals surface area contributed by atoms with E-state index in [1.165, 1.54) is 11.8 Å². The van der Waals surface area contributed by atoms with E-state index in [0.29, 0.717) is 11.0 Å². The summed E-state index contributed by atoms with van der Waals surface area (Å²) in [4.78, 5) is 12.6. The van der Waals surface area contributed by atoms with Gasteiger partial charge in [-0.1, -0.05) is 48.2 Å². The number of thioether (sulfide) groups is 1. The number of aryl methyl sites for hydroxylation is 1. The van der Waals surface area contributed by atoms with Gasteiger partial charge in [-0.2, -0.15) is 0 Å². The third kappa shape index (κ3) is 4.09. The smallest absolute Gasteiger partial charge is 0.237 e. The lowest BCUT2D eigenvalue weighted by Crippen LogP contribution is -2.22. The molecule has 0 saturated carbocycles. The number of carbonyl (C=O) groups excluding carboxylic acids is 1. The number of para-hydroxylation sites is 2. The molecule has 2 aromatic heterocycles. The van der Waals surface area contributed by atoms with Crippen molar-refractivity contribution in [3.8, 4) is 17.1 Å². The minimum atomic E-state index is -0.361. The minimum Gasteiger partial charge on any atom is -0.469 e. The Bertz CT molecular complexity index is 1110. The molecule has 0 saturated heterocycles. The molecular formula is C22H20N4O2S. The first-order valence-electron chi connectivity index (χ1n) is 9.21. The summed E-state index contributed by atoms with van der Waals surface area (Å²) in [6, 6.07) is 21.1. The Kier molecular flexibility index (Phi) is 5.48. The third-order valence-corrected chi connectivity index (χ3v) is 5.48. The first-order chi connectivity index (χ1) is 14.1. The van der Waals surface area contributed by atoms with Crippen molar-refractivity contribution in [1.29, 1.82) is 0 Å². The van der Waals surface area contributed by atoms with E-state index >= 15 is 0 Å². The van der Waals surface area contributed by atoms with E-state index in [-0.39, 0.29) is 11.2 Å². The molecule has 2 aromatic carbocycles. The highest BCUT2D eigenvalue weighted by atomic mass is 32.2. The number of benzene rings is 2. The van der Waals surface area contributed by atoms with Gasteiger partial charge in [0.2, 0.25) is 5.91 Å². The lowest BCUT2D eigenvalue weighted by molar-refractivity contribution is -0.115. The molecule has 0 fully saturated rings. The summed E-state index contributed by atoms with van der Waals surface area (Å²) >= 11 is 1.36. The number of amides is 1. The highest BCUT2D eigenvalue weighted by molar-refractivity contribution is 8.00. The average molecular weight is 404 g/mol. The predicted molar refractivity (Wildman–Crippen MR) is 114 cm³/mol. The molecule has 0 aliphatic carbocycles. The van der Waals surface area contributed by atoms with Crippen molar-refractivity contribution in [2.24, 2.45) is 0 Å². The molecule has 0 spiro atoms. The number of nitrogens with one attached hydrogen (secondary N) is 1. The van der Waals surface area contributed by atoms with Crippen molar-refractivity contribution in [3.63, 3.8) is 0 Å². The second-order valence-corrected chi connectivity index (χ2v) is 7.79. The van der Waals surface area contributed by atoms with Crippen molar-refractivity contribution in [3.05, 3.63) is 78.8 Å². The van der Waals surface area contributed by atoms with Crippen LogP contribution >= 0.6 is 11.8 Å². The van der Waals surface area contributed by atoms with E-state index < -0.39 is 0 Å². The highest BCUT2D eigenvalue weighted by Gasteiger charge is 2.23. The first-order valence-corrected chi connectivity index (χ1v) is 10.1. The summed E-state index contributed by atoms with van der Waals surface area (Å²) in [6.07, 6.45) is 1.64. The van der Waals surface area contributed by atoms with Gasteiger partial charge in [0.1, 0.15) is 5.76 Å². The van der Waals surface area contributed by atoms with Crippen LogP contribution < -0.4 is 5.32 Å². The number of carbonyl (C=O) groups is 1. The zero-order valence-electron chi connectivity index (χ0n) is 16.1. The monoisotopic (exact) mass is 404 g/mol. The van der Waals surface area contributed by atoms with Gasteiger partial charge < -0.3 is 9.73 Å². The van der Waals surface area contributed by atoms with E-state index in [9.17, 15) is 4.79 Å². The van der Waals surface area contributed by atoms with Crippen molar-refractivity contribution >= 4 is 23.4 Å². The van der Waals surface area contributed by atoms with Gasteiger partial charge in [-0.25, -0.2) is 0 Å². The molecule has 1 amide bonds. The Labute approximate surface area is 173 Å². The van der Waals surface area contributed by atoms with Gasteiger partial charge in [0, 0.05) is 11.4 Å². The summed E-state index contributed by atoms with van der Waals surface area (Å²) in [6.45, 7) is 3.75. The number of hydrogen-bond donors (Lipinski definition) is 1. The second kappa shape index (κ2) is 8.36. The van der Waals surface area contributed by atoms with Gasteiger partial charge in [0.25, 0.3) is 0 Å². The minimum absolute atomic E-state index is 0.0927. The standard InChI is InChI=1S/C22H20N4O2S/c1-15-19(13-14-28-15)20-24-25-22(26(20)18-11-7-4-8-12-18)29-16(2)21(27)23-17-9-5-3-6-10-17/h3-14,16H,1-2H3,(H,23,27). The number of anilines is 1. The van der Waals surface area contributed by atoms with Gasteiger partial charge in [-0.05, 0) is 44.2 Å². The van der Waals surface area contributed by atoms with Gasteiger partial charge in [0.05, 0.1) is 17.1 Å².